The number of methoxy groups -OCH3 is 1. The maximum Gasteiger partial charge on any atom is 0.287 e. The third-order valence-corrected chi connectivity index (χ3v) is 4.75. The van der Waals surface area contributed by atoms with E-state index in [4.69, 9.17) is 13.9 Å². The Morgan fingerprint density at radius 3 is 2.70 bits per heavy atom. The Hall–Kier alpha value is -3.09. The number of amides is 1. The van der Waals surface area contributed by atoms with Crippen LogP contribution in [0, 0.1) is 0 Å². The lowest BCUT2D eigenvalue weighted by Gasteiger charge is -2.28. The summed E-state index contributed by atoms with van der Waals surface area (Å²) < 4.78 is 16.6. The van der Waals surface area contributed by atoms with Gasteiger partial charge in [0.2, 0.25) is 11.8 Å². The van der Waals surface area contributed by atoms with E-state index < -0.39 is 0 Å². The molecule has 4 rings (SSSR count). The van der Waals surface area contributed by atoms with E-state index in [1.54, 1.807) is 19.4 Å². The quantitative estimate of drug-likeness (QED) is 0.744. The molecule has 1 fully saturated rings. The van der Waals surface area contributed by atoms with Gasteiger partial charge in [-0.2, -0.15) is 4.98 Å². The fourth-order valence-corrected chi connectivity index (χ4v) is 3.33. The number of nitrogens with one attached hydrogen (secondary N) is 1. The van der Waals surface area contributed by atoms with Crippen LogP contribution in [0.15, 0.2) is 47.1 Å². The second-order valence-corrected chi connectivity index (χ2v) is 6.61. The van der Waals surface area contributed by atoms with E-state index in [-0.39, 0.29) is 18.1 Å². The minimum atomic E-state index is -0.172. The highest BCUT2D eigenvalue weighted by molar-refractivity contribution is 5.96. The van der Waals surface area contributed by atoms with Gasteiger partial charge in [0.1, 0.15) is 11.7 Å². The molecule has 1 N–H and O–H groups in total. The molecule has 0 bridgehead atoms. The van der Waals surface area contributed by atoms with Gasteiger partial charge in [0.05, 0.1) is 19.5 Å². The van der Waals surface area contributed by atoms with Crippen molar-refractivity contribution in [2.24, 2.45) is 0 Å². The van der Waals surface area contributed by atoms with E-state index >= 15 is 0 Å². The Bertz CT molecular complexity index is 899. The summed E-state index contributed by atoms with van der Waals surface area (Å²) in [7, 11) is 1.55. The van der Waals surface area contributed by atoms with Crippen LogP contribution in [0.3, 0.4) is 0 Å². The van der Waals surface area contributed by atoms with Crippen LogP contribution < -0.4 is 14.8 Å². The van der Waals surface area contributed by atoms with Crippen molar-refractivity contribution in [1.29, 1.82) is 0 Å². The van der Waals surface area contributed by atoms with Crippen molar-refractivity contribution in [2.45, 2.75) is 37.8 Å². The number of benzene rings is 1. The molecule has 0 aliphatic heterocycles. The van der Waals surface area contributed by atoms with Gasteiger partial charge < -0.3 is 19.2 Å². The molecule has 1 amide bonds. The summed E-state index contributed by atoms with van der Waals surface area (Å²) in [5.41, 5.74) is 0.721. The summed E-state index contributed by atoms with van der Waals surface area (Å²) in [5, 5.41) is 3.99. The normalized spacial score (nSPS) is 19.6. The molecule has 0 atom stereocenters. The minimum absolute atomic E-state index is 0.0609. The summed E-state index contributed by atoms with van der Waals surface area (Å²) in [5.74, 6) is 1.07. The number of rotatable bonds is 5. The standard InChI is InChI=1S/C20H21N3O4/c1-25-18-11-21-12-19(23-18)26-15-8-6-14(7-9-15)22-20(24)17-10-13-4-2-3-5-16(13)27-17/h2-5,10-12,14-15H,6-9H2,1H3,(H,22,24). The van der Waals surface area contributed by atoms with Crippen molar-refractivity contribution in [3.05, 3.63) is 48.5 Å². The van der Waals surface area contributed by atoms with Crippen LogP contribution in [0.2, 0.25) is 0 Å². The van der Waals surface area contributed by atoms with Crippen molar-refractivity contribution in [2.75, 3.05) is 7.11 Å². The van der Waals surface area contributed by atoms with Gasteiger partial charge in [-0.15, -0.1) is 0 Å². The molecule has 140 valence electrons. The first-order valence-corrected chi connectivity index (χ1v) is 9.03. The molecule has 0 radical (unpaired) electrons. The van der Waals surface area contributed by atoms with E-state index in [1.807, 2.05) is 24.3 Å². The molecule has 7 heteroatoms. The van der Waals surface area contributed by atoms with Crippen LogP contribution in [0.25, 0.3) is 11.0 Å². The number of para-hydroxylation sites is 1. The maximum atomic E-state index is 12.5. The van der Waals surface area contributed by atoms with Gasteiger partial charge in [0.25, 0.3) is 5.91 Å². The zero-order chi connectivity index (χ0) is 18.6. The summed E-state index contributed by atoms with van der Waals surface area (Å²) in [6, 6.07) is 9.49. The number of ether oxygens (including phenoxy) is 2. The van der Waals surface area contributed by atoms with Gasteiger partial charge in [0, 0.05) is 11.4 Å². The van der Waals surface area contributed by atoms with Crippen LogP contribution in [0.4, 0.5) is 0 Å². The summed E-state index contributed by atoms with van der Waals surface area (Å²) in [6.45, 7) is 0. The number of carbonyl (C=O) groups excluding carboxylic acids is 1. The first-order valence-electron chi connectivity index (χ1n) is 9.03. The zero-order valence-electron chi connectivity index (χ0n) is 15.1. The molecule has 0 saturated heterocycles. The predicted octanol–water partition coefficient (Wildman–Crippen LogP) is 3.35. The first-order chi connectivity index (χ1) is 13.2. The first kappa shape index (κ1) is 17.3. The smallest absolute Gasteiger partial charge is 0.287 e. The molecular weight excluding hydrogens is 346 g/mol. The number of furan rings is 1. The molecule has 0 spiro atoms. The number of hydrogen-bond acceptors (Lipinski definition) is 6. The molecule has 2 aromatic heterocycles. The monoisotopic (exact) mass is 367 g/mol. The van der Waals surface area contributed by atoms with Crippen LogP contribution in [-0.2, 0) is 0 Å². The molecule has 7 nitrogen and oxygen atoms in total. The van der Waals surface area contributed by atoms with Crippen LogP contribution in [0.1, 0.15) is 36.2 Å². The van der Waals surface area contributed by atoms with Crippen molar-refractivity contribution in [3.63, 3.8) is 0 Å². The Morgan fingerprint density at radius 2 is 1.93 bits per heavy atom. The third kappa shape index (κ3) is 4.02. The van der Waals surface area contributed by atoms with Gasteiger partial charge in [-0.05, 0) is 37.8 Å². The lowest BCUT2D eigenvalue weighted by Crippen LogP contribution is -2.39. The lowest BCUT2D eigenvalue weighted by molar-refractivity contribution is 0.0864. The highest BCUT2D eigenvalue weighted by Gasteiger charge is 2.25. The molecule has 3 aromatic rings. The van der Waals surface area contributed by atoms with Crippen molar-refractivity contribution in [3.8, 4) is 11.8 Å². The summed E-state index contributed by atoms with van der Waals surface area (Å²) >= 11 is 0. The topological polar surface area (TPSA) is 86.5 Å². The largest absolute Gasteiger partial charge is 0.480 e. The molecule has 1 saturated carbocycles. The second kappa shape index (κ2) is 7.65. The Kier molecular flexibility index (Phi) is 4.91. The summed E-state index contributed by atoms with van der Waals surface area (Å²) in [4.78, 5) is 20.7. The molecule has 27 heavy (non-hydrogen) atoms. The number of hydrogen-bond donors (Lipinski definition) is 1. The van der Waals surface area contributed by atoms with Gasteiger partial charge in [0.15, 0.2) is 5.76 Å². The predicted molar refractivity (Wildman–Crippen MR) is 98.9 cm³/mol. The van der Waals surface area contributed by atoms with E-state index in [9.17, 15) is 4.79 Å². The average Bonchev–Trinajstić information content (AvgIpc) is 3.14. The average molecular weight is 367 g/mol. The van der Waals surface area contributed by atoms with E-state index in [0.29, 0.717) is 17.5 Å². The molecule has 0 unspecified atom stereocenters. The van der Waals surface area contributed by atoms with Crippen molar-refractivity contribution in [1.82, 2.24) is 15.3 Å². The SMILES string of the molecule is COc1cncc(OC2CCC(NC(=O)c3cc4ccccc4o3)CC2)n1. The fraction of sp³-hybridized carbons (Fsp3) is 0.350. The number of fused-ring (bicyclic) bond motifs is 1. The van der Waals surface area contributed by atoms with Gasteiger partial charge in [-0.1, -0.05) is 18.2 Å². The molecular formula is C20H21N3O4. The third-order valence-electron chi connectivity index (χ3n) is 4.75. The lowest BCUT2D eigenvalue weighted by atomic mass is 9.93. The maximum absolute atomic E-state index is 12.5. The van der Waals surface area contributed by atoms with Crippen molar-refractivity contribution < 1.29 is 18.7 Å². The Morgan fingerprint density at radius 1 is 1.15 bits per heavy atom. The van der Waals surface area contributed by atoms with Crippen LogP contribution in [-0.4, -0.2) is 35.1 Å². The number of carbonyl (C=O) groups is 1. The van der Waals surface area contributed by atoms with Crippen LogP contribution in [0.5, 0.6) is 11.8 Å². The summed E-state index contributed by atoms with van der Waals surface area (Å²) in [6.07, 6.45) is 6.54. The van der Waals surface area contributed by atoms with Crippen LogP contribution >= 0.6 is 0 Å². The molecule has 1 aromatic carbocycles. The Balaban J connectivity index is 1.30. The highest BCUT2D eigenvalue weighted by Crippen LogP contribution is 2.24. The Labute approximate surface area is 156 Å². The molecule has 1 aliphatic rings. The van der Waals surface area contributed by atoms with E-state index in [1.165, 1.54) is 6.20 Å². The number of aromatic nitrogens is 2. The highest BCUT2D eigenvalue weighted by atomic mass is 16.5. The molecule has 2 heterocycles. The minimum Gasteiger partial charge on any atom is -0.480 e. The number of nitrogens with zero attached hydrogens (tertiary/aromatic N) is 2. The van der Waals surface area contributed by atoms with Gasteiger partial charge >= 0.3 is 0 Å². The fourth-order valence-electron chi connectivity index (χ4n) is 3.33. The molecule has 1 aliphatic carbocycles. The van der Waals surface area contributed by atoms with Gasteiger partial charge in [-0.3, -0.25) is 9.78 Å². The van der Waals surface area contributed by atoms with Gasteiger partial charge in [-0.25, -0.2) is 0 Å². The second-order valence-electron chi connectivity index (χ2n) is 6.61. The van der Waals surface area contributed by atoms with E-state index in [0.717, 1.165) is 36.7 Å². The van der Waals surface area contributed by atoms with E-state index in [2.05, 4.69) is 15.3 Å². The zero-order valence-corrected chi connectivity index (χ0v) is 15.1. The van der Waals surface area contributed by atoms with Crippen molar-refractivity contribution >= 4 is 16.9 Å².